The van der Waals surface area contributed by atoms with E-state index in [0.717, 1.165) is 41.9 Å². The van der Waals surface area contributed by atoms with Gasteiger partial charge in [0.25, 0.3) is 5.91 Å². The number of rotatable bonds is 2. The summed E-state index contributed by atoms with van der Waals surface area (Å²) in [4.78, 5) is 15.5. The lowest BCUT2D eigenvalue weighted by Crippen LogP contribution is -2.31. The Hall–Kier alpha value is -1.62. The minimum Gasteiger partial charge on any atom is -0.339 e. The second-order valence-corrected chi connectivity index (χ2v) is 5.80. The SMILES string of the molecule is O=C(c1csc(-c2cn[nH]c2)c1)N1CCCCCC1. The molecule has 1 aliphatic rings. The van der Waals surface area contributed by atoms with Crippen LogP contribution in [0.4, 0.5) is 0 Å². The first-order chi connectivity index (χ1) is 9.34. The Morgan fingerprint density at radius 2 is 2.05 bits per heavy atom. The number of carbonyl (C=O) groups is 1. The first kappa shape index (κ1) is 12.4. The van der Waals surface area contributed by atoms with Gasteiger partial charge in [0.1, 0.15) is 0 Å². The third kappa shape index (κ3) is 2.71. The zero-order chi connectivity index (χ0) is 13.1. The summed E-state index contributed by atoms with van der Waals surface area (Å²) in [5.74, 6) is 0.174. The third-order valence-corrected chi connectivity index (χ3v) is 4.50. The number of nitrogens with one attached hydrogen (secondary N) is 1. The molecule has 0 aliphatic carbocycles. The van der Waals surface area contributed by atoms with Crippen molar-refractivity contribution in [3.8, 4) is 10.4 Å². The molecule has 0 radical (unpaired) electrons. The van der Waals surface area contributed by atoms with Crippen LogP contribution in [-0.2, 0) is 0 Å². The first-order valence-corrected chi connectivity index (χ1v) is 7.59. The minimum absolute atomic E-state index is 0.174. The van der Waals surface area contributed by atoms with Crippen LogP contribution in [-0.4, -0.2) is 34.1 Å². The number of hydrogen-bond acceptors (Lipinski definition) is 3. The number of aromatic amines is 1. The standard InChI is InChI=1S/C14H17N3OS/c18-14(17-5-3-1-2-4-6-17)11-7-13(19-10-11)12-8-15-16-9-12/h7-10H,1-6H2,(H,15,16). The van der Waals surface area contributed by atoms with Gasteiger partial charge in [0.05, 0.1) is 11.8 Å². The number of carbonyl (C=O) groups excluding carboxylic acids is 1. The first-order valence-electron chi connectivity index (χ1n) is 6.71. The summed E-state index contributed by atoms with van der Waals surface area (Å²) in [5.41, 5.74) is 1.85. The van der Waals surface area contributed by atoms with Gasteiger partial charge in [0.2, 0.25) is 0 Å². The summed E-state index contributed by atoms with van der Waals surface area (Å²) in [6, 6.07) is 1.97. The Labute approximate surface area is 116 Å². The van der Waals surface area contributed by atoms with Crippen LogP contribution in [0.25, 0.3) is 10.4 Å². The highest BCUT2D eigenvalue weighted by Gasteiger charge is 2.18. The summed E-state index contributed by atoms with van der Waals surface area (Å²) >= 11 is 1.60. The van der Waals surface area contributed by atoms with E-state index in [1.165, 1.54) is 12.8 Å². The second-order valence-electron chi connectivity index (χ2n) is 4.89. The van der Waals surface area contributed by atoms with Gasteiger partial charge in [-0.2, -0.15) is 5.10 Å². The molecule has 5 heteroatoms. The van der Waals surface area contributed by atoms with E-state index in [1.54, 1.807) is 17.5 Å². The van der Waals surface area contributed by atoms with Crippen molar-refractivity contribution in [3.05, 3.63) is 29.4 Å². The monoisotopic (exact) mass is 275 g/mol. The van der Waals surface area contributed by atoms with E-state index in [4.69, 9.17) is 0 Å². The van der Waals surface area contributed by atoms with Crippen molar-refractivity contribution in [2.75, 3.05) is 13.1 Å². The van der Waals surface area contributed by atoms with Crippen LogP contribution in [0.2, 0.25) is 0 Å². The molecule has 0 aromatic carbocycles. The molecule has 1 aliphatic heterocycles. The van der Waals surface area contributed by atoms with Crippen LogP contribution in [0.1, 0.15) is 36.0 Å². The molecule has 0 unspecified atom stereocenters. The van der Waals surface area contributed by atoms with Crippen molar-refractivity contribution in [1.29, 1.82) is 0 Å². The lowest BCUT2D eigenvalue weighted by Gasteiger charge is -2.19. The van der Waals surface area contributed by atoms with E-state index >= 15 is 0 Å². The normalized spacial score (nSPS) is 16.3. The summed E-state index contributed by atoms with van der Waals surface area (Å²) in [6.45, 7) is 1.80. The second kappa shape index (κ2) is 5.57. The van der Waals surface area contributed by atoms with E-state index < -0.39 is 0 Å². The minimum atomic E-state index is 0.174. The molecule has 2 aromatic heterocycles. The molecule has 0 bridgehead atoms. The zero-order valence-electron chi connectivity index (χ0n) is 10.8. The fourth-order valence-corrected chi connectivity index (χ4v) is 3.31. The molecule has 3 rings (SSSR count). The van der Waals surface area contributed by atoms with Gasteiger partial charge in [-0.1, -0.05) is 12.8 Å². The summed E-state index contributed by atoms with van der Waals surface area (Å²) in [7, 11) is 0. The van der Waals surface area contributed by atoms with Crippen molar-refractivity contribution in [2.24, 2.45) is 0 Å². The average Bonchev–Trinajstić information content (AvgIpc) is 3.04. The van der Waals surface area contributed by atoms with Crippen molar-refractivity contribution in [1.82, 2.24) is 15.1 Å². The number of amides is 1. The Bertz CT molecular complexity index is 539. The van der Waals surface area contributed by atoms with Crippen LogP contribution in [0.15, 0.2) is 23.8 Å². The molecule has 3 heterocycles. The van der Waals surface area contributed by atoms with Crippen molar-refractivity contribution in [2.45, 2.75) is 25.7 Å². The molecule has 19 heavy (non-hydrogen) atoms. The van der Waals surface area contributed by atoms with Crippen LogP contribution in [0.5, 0.6) is 0 Å². The number of thiophene rings is 1. The summed E-state index contributed by atoms with van der Waals surface area (Å²) in [5, 5.41) is 8.69. The zero-order valence-corrected chi connectivity index (χ0v) is 11.6. The highest BCUT2D eigenvalue weighted by molar-refractivity contribution is 7.13. The predicted molar refractivity (Wildman–Crippen MR) is 76.3 cm³/mol. The molecule has 4 nitrogen and oxygen atoms in total. The molecular formula is C14H17N3OS. The number of hydrogen-bond donors (Lipinski definition) is 1. The smallest absolute Gasteiger partial charge is 0.254 e. The molecule has 1 fully saturated rings. The highest BCUT2D eigenvalue weighted by atomic mass is 32.1. The van der Waals surface area contributed by atoms with Crippen LogP contribution >= 0.6 is 11.3 Å². The molecule has 2 aromatic rings. The molecule has 1 N–H and O–H groups in total. The summed E-state index contributed by atoms with van der Waals surface area (Å²) in [6.07, 6.45) is 8.38. The van der Waals surface area contributed by atoms with Crippen LogP contribution in [0, 0.1) is 0 Å². The molecule has 0 atom stereocenters. The summed E-state index contributed by atoms with van der Waals surface area (Å²) < 4.78 is 0. The lowest BCUT2D eigenvalue weighted by atomic mass is 10.2. The Balaban J connectivity index is 1.76. The van der Waals surface area contributed by atoms with Gasteiger partial charge in [-0.05, 0) is 18.9 Å². The molecule has 0 saturated carbocycles. The van der Waals surface area contributed by atoms with Gasteiger partial charge in [0.15, 0.2) is 0 Å². The molecular weight excluding hydrogens is 258 g/mol. The molecule has 100 valence electrons. The fraction of sp³-hybridized carbons (Fsp3) is 0.429. The van der Waals surface area contributed by atoms with E-state index in [2.05, 4.69) is 10.2 Å². The highest BCUT2D eigenvalue weighted by Crippen LogP contribution is 2.27. The number of nitrogens with zero attached hydrogens (tertiary/aromatic N) is 2. The largest absolute Gasteiger partial charge is 0.339 e. The van der Waals surface area contributed by atoms with Crippen molar-refractivity contribution >= 4 is 17.2 Å². The van der Waals surface area contributed by atoms with Gasteiger partial charge in [-0.15, -0.1) is 11.3 Å². The molecule has 0 spiro atoms. The van der Waals surface area contributed by atoms with Gasteiger partial charge in [-0.3, -0.25) is 9.89 Å². The van der Waals surface area contributed by atoms with Gasteiger partial charge >= 0.3 is 0 Å². The maximum absolute atomic E-state index is 12.4. The van der Waals surface area contributed by atoms with E-state index in [1.807, 2.05) is 22.5 Å². The Morgan fingerprint density at radius 3 is 2.74 bits per heavy atom. The Morgan fingerprint density at radius 1 is 1.26 bits per heavy atom. The van der Waals surface area contributed by atoms with Gasteiger partial charge in [-0.25, -0.2) is 0 Å². The van der Waals surface area contributed by atoms with Crippen LogP contribution in [0.3, 0.4) is 0 Å². The van der Waals surface area contributed by atoms with E-state index in [9.17, 15) is 4.79 Å². The maximum atomic E-state index is 12.4. The number of likely N-dealkylation sites (tertiary alicyclic amines) is 1. The van der Waals surface area contributed by atoms with E-state index in [0.29, 0.717) is 0 Å². The topological polar surface area (TPSA) is 49.0 Å². The molecule has 1 saturated heterocycles. The number of aromatic nitrogens is 2. The lowest BCUT2D eigenvalue weighted by molar-refractivity contribution is 0.0762. The van der Waals surface area contributed by atoms with Crippen molar-refractivity contribution in [3.63, 3.8) is 0 Å². The number of H-pyrrole nitrogens is 1. The third-order valence-electron chi connectivity index (χ3n) is 3.52. The van der Waals surface area contributed by atoms with Crippen LogP contribution < -0.4 is 0 Å². The maximum Gasteiger partial charge on any atom is 0.254 e. The van der Waals surface area contributed by atoms with Gasteiger partial charge < -0.3 is 4.90 Å². The predicted octanol–water partition coefficient (Wildman–Crippen LogP) is 3.15. The average molecular weight is 275 g/mol. The fourth-order valence-electron chi connectivity index (χ4n) is 2.44. The van der Waals surface area contributed by atoms with Crippen molar-refractivity contribution < 1.29 is 4.79 Å². The quantitative estimate of drug-likeness (QED) is 0.915. The van der Waals surface area contributed by atoms with E-state index in [-0.39, 0.29) is 5.91 Å². The molecule has 1 amide bonds. The Kier molecular flexibility index (Phi) is 3.64. The van der Waals surface area contributed by atoms with Gasteiger partial charge in [0, 0.05) is 35.1 Å².